The van der Waals surface area contributed by atoms with Crippen LogP contribution in [0.5, 0.6) is 0 Å². The van der Waals surface area contributed by atoms with Crippen molar-refractivity contribution in [2.45, 2.75) is 39.8 Å². The Morgan fingerprint density at radius 3 is 2.12 bits per heavy atom. The molecule has 0 aromatic heterocycles. The Labute approximate surface area is 97.1 Å². The molecular weight excluding hydrogens is 200 g/mol. The first-order valence-corrected chi connectivity index (χ1v) is 5.60. The monoisotopic (exact) mass is 220 g/mol. The summed E-state index contributed by atoms with van der Waals surface area (Å²) in [5.41, 5.74) is 8.14. The summed E-state index contributed by atoms with van der Waals surface area (Å²) in [7, 11) is 0. The second-order valence-corrected chi connectivity index (χ2v) is 4.28. The normalized spacial score (nSPS) is 11.6. The Bertz CT molecular complexity index is 327. The standard InChI is InChI=1S/C12H20N4/c1-9(2)13-15-11-5-7-12(8-6-11)16-14-10(3)4/h5-10,13,15H,1-4H3. The summed E-state index contributed by atoms with van der Waals surface area (Å²) in [5.74, 6) is 0. The summed E-state index contributed by atoms with van der Waals surface area (Å²) in [4.78, 5) is 0. The average molecular weight is 220 g/mol. The van der Waals surface area contributed by atoms with Crippen molar-refractivity contribution < 1.29 is 0 Å². The van der Waals surface area contributed by atoms with E-state index in [2.05, 4.69) is 34.9 Å². The van der Waals surface area contributed by atoms with Gasteiger partial charge in [0.1, 0.15) is 0 Å². The zero-order valence-corrected chi connectivity index (χ0v) is 10.4. The van der Waals surface area contributed by atoms with Crippen LogP contribution in [-0.2, 0) is 0 Å². The third-order valence-electron chi connectivity index (χ3n) is 1.78. The number of nitrogens with zero attached hydrogens (tertiary/aromatic N) is 2. The van der Waals surface area contributed by atoms with E-state index < -0.39 is 0 Å². The van der Waals surface area contributed by atoms with Gasteiger partial charge in [-0.2, -0.15) is 10.2 Å². The second kappa shape index (κ2) is 6.23. The van der Waals surface area contributed by atoms with E-state index in [-0.39, 0.29) is 6.04 Å². The van der Waals surface area contributed by atoms with Gasteiger partial charge in [-0.15, -0.1) is 0 Å². The molecule has 0 radical (unpaired) electrons. The van der Waals surface area contributed by atoms with Crippen LogP contribution in [0.25, 0.3) is 0 Å². The van der Waals surface area contributed by atoms with Gasteiger partial charge in [-0.25, -0.2) is 5.43 Å². The maximum atomic E-state index is 4.12. The van der Waals surface area contributed by atoms with E-state index in [4.69, 9.17) is 0 Å². The predicted molar refractivity (Wildman–Crippen MR) is 68.0 cm³/mol. The van der Waals surface area contributed by atoms with Gasteiger partial charge in [0.05, 0.1) is 11.7 Å². The maximum absolute atomic E-state index is 4.12. The van der Waals surface area contributed by atoms with E-state index in [1.807, 2.05) is 38.1 Å². The number of hydrogen-bond acceptors (Lipinski definition) is 4. The number of benzene rings is 1. The lowest BCUT2D eigenvalue weighted by Crippen LogP contribution is -2.28. The fraction of sp³-hybridized carbons (Fsp3) is 0.500. The molecular formula is C12H20N4. The zero-order valence-electron chi connectivity index (χ0n) is 10.4. The second-order valence-electron chi connectivity index (χ2n) is 4.28. The van der Waals surface area contributed by atoms with Crippen LogP contribution in [0.3, 0.4) is 0 Å². The summed E-state index contributed by atoms with van der Waals surface area (Å²) in [6.07, 6.45) is 0. The number of hydrogen-bond donors (Lipinski definition) is 2. The highest BCUT2D eigenvalue weighted by molar-refractivity contribution is 5.49. The molecule has 1 rings (SSSR count). The molecule has 0 fully saturated rings. The molecule has 0 heterocycles. The summed E-state index contributed by atoms with van der Waals surface area (Å²) in [5, 5.41) is 8.21. The van der Waals surface area contributed by atoms with Crippen molar-refractivity contribution >= 4 is 11.4 Å². The number of nitrogens with one attached hydrogen (secondary N) is 2. The van der Waals surface area contributed by atoms with Crippen LogP contribution in [0.4, 0.5) is 11.4 Å². The molecule has 4 nitrogen and oxygen atoms in total. The number of anilines is 1. The molecule has 0 unspecified atom stereocenters. The molecule has 0 atom stereocenters. The predicted octanol–water partition coefficient (Wildman–Crippen LogP) is 3.50. The van der Waals surface area contributed by atoms with Gasteiger partial charge in [0, 0.05) is 11.7 Å². The van der Waals surface area contributed by atoms with Crippen molar-refractivity contribution in [3.8, 4) is 0 Å². The van der Waals surface area contributed by atoms with Crippen molar-refractivity contribution in [1.82, 2.24) is 5.43 Å². The van der Waals surface area contributed by atoms with E-state index in [1.165, 1.54) is 0 Å². The molecule has 4 heteroatoms. The fourth-order valence-corrected chi connectivity index (χ4v) is 1.02. The lowest BCUT2D eigenvalue weighted by atomic mass is 10.3. The average Bonchev–Trinajstić information content (AvgIpc) is 2.25. The molecule has 2 N–H and O–H groups in total. The molecule has 1 aromatic rings. The lowest BCUT2D eigenvalue weighted by molar-refractivity contribution is 0.660. The summed E-state index contributed by atoms with van der Waals surface area (Å²) in [6, 6.07) is 8.47. The molecule has 16 heavy (non-hydrogen) atoms. The van der Waals surface area contributed by atoms with Crippen LogP contribution in [0.15, 0.2) is 34.5 Å². The number of azo groups is 1. The minimum Gasteiger partial charge on any atom is -0.321 e. The molecule has 88 valence electrons. The molecule has 0 aliphatic heterocycles. The van der Waals surface area contributed by atoms with Crippen LogP contribution < -0.4 is 10.9 Å². The molecule has 0 bridgehead atoms. The minimum absolute atomic E-state index is 0.236. The van der Waals surface area contributed by atoms with Gasteiger partial charge in [-0.05, 0) is 52.0 Å². The van der Waals surface area contributed by atoms with Crippen molar-refractivity contribution in [2.75, 3.05) is 5.43 Å². The van der Waals surface area contributed by atoms with Crippen LogP contribution in [0, 0.1) is 0 Å². The Morgan fingerprint density at radius 1 is 1.00 bits per heavy atom. The topological polar surface area (TPSA) is 48.8 Å². The van der Waals surface area contributed by atoms with Gasteiger partial charge in [0.2, 0.25) is 0 Å². The number of hydrazine groups is 1. The lowest BCUT2D eigenvalue weighted by Gasteiger charge is -2.10. The van der Waals surface area contributed by atoms with Crippen molar-refractivity contribution in [3.05, 3.63) is 24.3 Å². The Balaban J connectivity index is 2.54. The van der Waals surface area contributed by atoms with Gasteiger partial charge < -0.3 is 5.43 Å². The molecule has 0 aliphatic carbocycles. The Kier molecular flexibility index (Phi) is 4.92. The van der Waals surface area contributed by atoms with Crippen LogP contribution in [0.2, 0.25) is 0 Å². The van der Waals surface area contributed by atoms with Gasteiger partial charge in [0.15, 0.2) is 0 Å². The fourth-order valence-electron chi connectivity index (χ4n) is 1.02. The zero-order chi connectivity index (χ0) is 12.0. The highest BCUT2D eigenvalue weighted by Crippen LogP contribution is 2.16. The van der Waals surface area contributed by atoms with Crippen molar-refractivity contribution in [1.29, 1.82) is 0 Å². The van der Waals surface area contributed by atoms with Gasteiger partial charge >= 0.3 is 0 Å². The quantitative estimate of drug-likeness (QED) is 0.589. The van der Waals surface area contributed by atoms with Crippen molar-refractivity contribution in [3.63, 3.8) is 0 Å². The minimum atomic E-state index is 0.236. The van der Waals surface area contributed by atoms with E-state index in [0.29, 0.717) is 6.04 Å². The molecule has 0 aliphatic rings. The van der Waals surface area contributed by atoms with Gasteiger partial charge in [0.25, 0.3) is 0 Å². The summed E-state index contributed by atoms with van der Waals surface area (Å²) >= 11 is 0. The van der Waals surface area contributed by atoms with Gasteiger partial charge in [-0.1, -0.05) is 0 Å². The van der Waals surface area contributed by atoms with Crippen LogP contribution in [-0.4, -0.2) is 12.1 Å². The maximum Gasteiger partial charge on any atom is 0.0854 e. The van der Waals surface area contributed by atoms with Crippen molar-refractivity contribution in [2.24, 2.45) is 10.2 Å². The van der Waals surface area contributed by atoms with Crippen LogP contribution >= 0.6 is 0 Å². The third-order valence-corrected chi connectivity index (χ3v) is 1.78. The molecule has 0 spiro atoms. The summed E-state index contributed by atoms with van der Waals surface area (Å²) < 4.78 is 0. The molecule has 0 saturated heterocycles. The number of rotatable bonds is 5. The first kappa shape index (κ1) is 12.6. The van der Waals surface area contributed by atoms with Gasteiger partial charge in [-0.3, -0.25) is 0 Å². The largest absolute Gasteiger partial charge is 0.321 e. The Morgan fingerprint density at radius 2 is 1.62 bits per heavy atom. The van der Waals surface area contributed by atoms with E-state index in [1.54, 1.807) is 0 Å². The smallest absolute Gasteiger partial charge is 0.0854 e. The van der Waals surface area contributed by atoms with E-state index in [9.17, 15) is 0 Å². The highest BCUT2D eigenvalue weighted by Gasteiger charge is 1.94. The Hall–Kier alpha value is -1.42. The highest BCUT2D eigenvalue weighted by atomic mass is 15.4. The first-order chi connectivity index (χ1) is 7.58. The van der Waals surface area contributed by atoms with Crippen LogP contribution in [0.1, 0.15) is 27.7 Å². The SMILES string of the molecule is CC(C)N=Nc1ccc(NNC(C)C)cc1. The summed E-state index contributed by atoms with van der Waals surface area (Å²) in [6.45, 7) is 8.18. The molecule has 0 amide bonds. The van der Waals surface area contributed by atoms with E-state index >= 15 is 0 Å². The third kappa shape index (κ3) is 4.89. The molecule has 0 saturated carbocycles. The first-order valence-electron chi connectivity index (χ1n) is 5.60. The van der Waals surface area contributed by atoms with E-state index in [0.717, 1.165) is 11.4 Å². The molecule has 1 aromatic carbocycles.